The number of carbonyl (C=O) groups is 3. The molecule has 0 saturated heterocycles. The van der Waals surface area contributed by atoms with Crippen LogP contribution in [0.5, 0.6) is 11.5 Å². The Morgan fingerprint density at radius 2 is 1.51 bits per heavy atom. The van der Waals surface area contributed by atoms with Gasteiger partial charge in [-0.2, -0.15) is 0 Å². The van der Waals surface area contributed by atoms with Gasteiger partial charge in [-0.1, -0.05) is 62.2 Å². The van der Waals surface area contributed by atoms with Crippen molar-refractivity contribution in [2.45, 2.75) is 64.9 Å². The second kappa shape index (κ2) is 13.9. The van der Waals surface area contributed by atoms with Crippen molar-refractivity contribution in [1.82, 2.24) is 0 Å². The molecule has 1 aliphatic carbocycles. The fraction of sp³-hybridized carbons (Fsp3) is 0.400. The summed E-state index contributed by atoms with van der Waals surface area (Å²) in [6.45, 7) is 7.80. The number of para-hydroxylation sites is 2. The van der Waals surface area contributed by atoms with Crippen molar-refractivity contribution in [3.05, 3.63) is 83.4 Å². The van der Waals surface area contributed by atoms with Crippen molar-refractivity contribution in [3.63, 3.8) is 0 Å². The molecular weight excluding hydrogens is 544 g/mol. The molecule has 3 aromatic carbocycles. The number of hydrogen-bond donors (Lipinski definition) is 3. The Morgan fingerprint density at radius 1 is 0.907 bits per heavy atom. The predicted octanol–water partition coefficient (Wildman–Crippen LogP) is 6.20. The minimum absolute atomic E-state index is 0.349. The molecule has 1 saturated carbocycles. The molecule has 4 rings (SSSR count). The highest BCUT2D eigenvalue weighted by molar-refractivity contribution is 6.10. The number of unbranched alkanes of at least 4 members (excludes halogenated alkanes) is 2. The zero-order valence-corrected chi connectivity index (χ0v) is 25.6. The lowest BCUT2D eigenvalue weighted by Crippen LogP contribution is -2.56. The summed E-state index contributed by atoms with van der Waals surface area (Å²) < 4.78 is 11.6. The second-order valence-electron chi connectivity index (χ2n) is 11.6. The van der Waals surface area contributed by atoms with E-state index in [2.05, 4.69) is 17.6 Å². The van der Waals surface area contributed by atoms with E-state index < -0.39 is 41.0 Å². The summed E-state index contributed by atoms with van der Waals surface area (Å²) in [4.78, 5) is 41.8. The molecular formula is C35H42N2O6. The fourth-order valence-corrected chi connectivity index (χ4v) is 5.89. The number of carbonyl (C=O) groups excluding carboxylic acids is 3. The second-order valence-corrected chi connectivity index (χ2v) is 11.6. The molecule has 1 fully saturated rings. The SMILES string of the molecule is CCCCCOc1cc(C2C(C(=O)Nc3ccccc3C)C(=O)CC(C)(O)C2C(=O)Nc2ccccc2C)ccc1OC. The van der Waals surface area contributed by atoms with Crippen LogP contribution in [0.2, 0.25) is 0 Å². The maximum atomic E-state index is 14.1. The van der Waals surface area contributed by atoms with E-state index in [1.165, 1.54) is 6.92 Å². The molecule has 4 unspecified atom stereocenters. The van der Waals surface area contributed by atoms with Crippen LogP contribution in [0, 0.1) is 25.7 Å². The fourth-order valence-electron chi connectivity index (χ4n) is 5.89. The molecule has 4 atom stereocenters. The summed E-state index contributed by atoms with van der Waals surface area (Å²) in [5.74, 6) is -3.88. The third-order valence-electron chi connectivity index (χ3n) is 8.22. The molecule has 0 aromatic heterocycles. The molecule has 0 radical (unpaired) electrons. The van der Waals surface area contributed by atoms with E-state index in [9.17, 15) is 19.5 Å². The maximum absolute atomic E-state index is 14.1. The van der Waals surface area contributed by atoms with Gasteiger partial charge in [0.2, 0.25) is 11.8 Å². The van der Waals surface area contributed by atoms with Gasteiger partial charge < -0.3 is 25.2 Å². The lowest BCUT2D eigenvalue weighted by molar-refractivity contribution is -0.150. The van der Waals surface area contributed by atoms with E-state index in [0.717, 1.165) is 30.4 Å². The molecule has 1 aliphatic rings. The number of nitrogens with one attached hydrogen (secondary N) is 2. The molecule has 3 aromatic rings. The highest BCUT2D eigenvalue weighted by Crippen LogP contribution is 2.48. The minimum Gasteiger partial charge on any atom is -0.493 e. The molecule has 0 bridgehead atoms. The lowest BCUT2D eigenvalue weighted by Gasteiger charge is -2.44. The van der Waals surface area contributed by atoms with Gasteiger partial charge in [-0.05, 0) is 68.1 Å². The standard InChI is InChI=1S/C35H42N2O6/c1-6-7-12-19-43-29-20-24(17-18-28(29)42-5)30-31(33(39)36-25-15-10-8-13-22(25)2)27(38)21-35(4,41)32(30)34(40)37-26-16-11-9-14-23(26)3/h8-11,13-18,20,30-32,41H,6-7,12,19,21H2,1-5H3,(H,36,39)(H,37,40). The summed E-state index contributed by atoms with van der Waals surface area (Å²) >= 11 is 0. The Bertz CT molecular complexity index is 1470. The zero-order valence-electron chi connectivity index (χ0n) is 25.6. The van der Waals surface area contributed by atoms with Crippen molar-refractivity contribution in [3.8, 4) is 11.5 Å². The Hall–Kier alpha value is -4.17. The number of amides is 2. The third kappa shape index (κ3) is 7.25. The first-order valence-electron chi connectivity index (χ1n) is 14.9. The summed E-state index contributed by atoms with van der Waals surface area (Å²) in [6, 6.07) is 19.8. The van der Waals surface area contributed by atoms with Crippen molar-refractivity contribution in [2.24, 2.45) is 11.8 Å². The first kappa shape index (κ1) is 31.8. The van der Waals surface area contributed by atoms with E-state index in [4.69, 9.17) is 9.47 Å². The van der Waals surface area contributed by atoms with Gasteiger partial charge >= 0.3 is 0 Å². The lowest BCUT2D eigenvalue weighted by atomic mass is 9.61. The molecule has 8 heteroatoms. The Kier molecular flexibility index (Phi) is 10.2. The van der Waals surface area contributed by atoms with Crippen LogP contribution in [0.4, 0.5) is 11.4 Å². The summed E-state index contributed by atoms with van der Waals surface area (Å²) in [7, 11) is 1.54. The van der Waals surface area contributed by atoms with Crippen molar-refractivity contribution in [2.75, 3.05) is 24.4 Å². The predicted molar refractivity (Wildman–Crippen MR) is 168 cm³/mol. The number of anilines is 2. The molecule has 228 valence electrons. The van der Waals surface area contributed by atoms with Crippen LogP contribution >= 0.6 is 0 Å². The minimum atomic E-state index is -1.73. The Morgan fingerprint density at radius 3 is 2.09 bits per heavy atom. The topological polar surface area (TPSA) is 114 Å². The molecule has 43 heavy (non-hydrogen) atoms. The van der Waals surface area contributed by atoms with Crippen LogP contribution in [0.25, 0.3) is 0 Å². The molecule has 8 nitrogen and oxygen atoms in total. The van der Waals surface area contributed by atoms with Gasteiger partial charge in [0.25, 0.3) is 0 Å². The normalized spacial score (nSPS) is 21.6. The number of benzene rings is 3. The van der Waals surface area contributed by atoms with Crippen LogP contribution in [-0.2, 0) is 14.4 Å². The molecule has 3 N–H and O–H groups in total. The van der Waals surface area contributed by atoms with Gasteiger partial charge in [0.15, 0.2) is 11.5 Å². The zero-order chi connectivity index (χ0) is 31.1. The number of methoxy groups -OCH3 is 1. The number of Topliss-reactive ketones (excluding diaryl/α,β-unsaturated/α-hetero) is 1. The van der Waals surface area contributed by atoms with E-state index in [1.807, 2.05) is 44.2 Å². The van der Waals surface area contributed by atoms with Crippen molar-refractivity contribution < 1.29 is 29.0 Å². The van der Waals surface area contributed by atoms with Crippen LogP contribution in [-0.4, -0.2) is 42.0 Å². The average molecular weight is 587 g/mol. The highest BCUT2D eigenvalue weighted by Gasteiger charge is 2.56. The summed E-state index contributed by atoms with van der Waals surface area (Å²) in [6.07, 6.45) is 2.54. The number of aliphatic hydroxyl groups is 1. The molecule has 0 spiro atoms. The van der Waals surface area contributed by atoms with Crippen LogP contribution < -0.4 is 20.1 Å². The first-order valence-corrected chi connectivity index (χ1v) is 14.9. The number of ether oxygens (including phenoxy) is 2. The summed E-state index contributed by atoms with van der Waals surface area (Å²) in [5.41, 5.74) is 1.65. The van der Waals surface area contributed by atoms with E-state index in [-0.39, 0.29) is 6.42 Å². The number of ketones is 1. The van der Waals surface area contributed by atoms with Gasteiger partial charge in [0.1, 0.15) is 11.7 Å². The molecule has 0 heterocycles. The van der Waals surface area contributed by atoms with Gasteiger partial charge in [0.05, 0.1) is 25.2 Å². The number of hydrogen-bond acceptors (Lipinski definition) is 6. The van der Waals surface area contributed by atoms with E-state index in [0.29, 0.717) is 35.0 Å². The van der Waals surface area contributed by atoms with Gasteiger partial charge in [-0.3, -0.25) is 14.4 Å². The molecule has 0 aliphatic heterocycles. The smallest absolute Gasteiger partial charge is 0.235 e. The van der Waals surface area contributed by atoms with Crippen LogP contribution in [0.15, 0.2) is 66.7 Å². The Balaban J connectivity index is 1.81. The van der Waals surface area contributed by atoms with Crippen molar-refractivity contribution in [1.29, 1.82) is 0 Å². The maximum Gasteiger partial charge on any atom is 0.235 e. The highest BCUT2D eigenvalue weighted by atomic mass is 16.5. The van der Waals surface area contributed by atoms with Crippen LogP contribution in [0.1, 0.15) is 62.1 Å². The number of aryl methyl sites for hydroxylation is 2. The van der Waals surface area contributed by atoms with E-state index in [1.54, 1.807) is 43.5 Å². The quantitative estimate of drug-likeness (QED) is 0.182. The number of rotatable bonds is 11. The van der Waals surface area contributed by atoms with E-state index >= 15 is 0 Å². The average Bonchev–Trinajstić information content (AvgIpc) is 2.96. The monoisotopic (exact) mass is 586 g/mol. The molecule has 2 amide bonds. The van der Waals surface area contributed by atoms with Gasteiger partial charge in [-0.15, -0.1) is 0 Å². The van der Waals surface area contributed by atoms with Gasteiger partial charge in [-0.25, -0.2) is 0 Å². The Labute approximate surface area is 253 Å². The third-order valence-corrected chi connectivity index (χ3v) is 8.22. The largest absolute Gasteiger partial charge is 0.493 e. The first-order chi connectivity index (χ1) is 20.6. The van der Waals surface area contributed by atoms with Gasteiger partial charge in [0, 0.05) is 23.7 Å². The van der Waals surface area contributed by atoms with Crippen molar-refractivity contribution >= 4 is 29.0 Å². The summed E-state index contributed by atoms with van der Waals surface area (Å²) in [5, 5.41) is 17.6. The van der Waals surface area contributed by atoms with Crippen LogP contribution in [0.3, 0.4) is 0 Å².